The van der Waals surface area contributed by atoms with Gasteiger partial charge in [0, 0.05) is 28.8 Å². The summed E-state index contributed by atoms with van der Waals surface area (Å²) in [4.78, 5) is 38.2. The minimum Gasteiger partial charge on any atom is -0.455 e. The predicted molar refractivity (Wildman–Crippen MR) is 110 cm³/mol. The second-order valence-electron chi connectivity index (χ2n) is 6.55. The molecule has 0 saturated carbocycles. The van der Waals surface area contributed by atoms with Gasteiger partial charge in [-0.3, -0.25) is 14.4 Å². The molecule has 1 heterocycles. The van der Waals surface area contributed by atoms with Gasteiger partial charge in [-0.2, -0.15) is 0 Å². The van der Waals surface area contributed by atoms with Crippen molar-refractivity contribution in [2.75, 3.05) is 23.4 Å². The van der Waals surface area contributed by atoms with E-state index in [1.54, 1.807) is 11.0 Å². The number of carbonyl (C=O) groups is 3. The predicted octanol–water partition coefficient (Wildman–Crippen LogP) is 3.55. The lowest BCUT2D eigenvalue weighted by atomic mass is 10.1. The van der Waals surface area contributed by atoms with Crippen molar-refractivity contribution >= 4 is 45.1 Å². The Labute approximate surface area is 172 Å². The molecule has 1 aliphatic heterocycles. The molecular formula is C21H21BrN2O4. The quantitative estimate of drug-likeness (QED) is 0.691. The van der Waals surface area contributed by atoms with E-state index in [9.17, 15) is 14.4 Å². The number of aryl methyl sites for hydroxylation is 1. The van der Waals surface area contributed by atoms with E-state index in [4.69, 9.17) is 4.74 Å². The lowest BCUT2D eigenvalue weighted by molar-refractivity contribution is -0.151. The maximum atomic E-state index is 12.3. The number of hydrogen-bond donors (Lipinski definition) is 1. The number of carbonyl (C=O) groups excluding carboxylic acids is 3. The highest BCUT2D eigenvalue weighted by Gasteiger charge is 2.36. The highest BCUT2D eigenvalue weighted by molar-refractivity contribution is 9.10. The fraction of sp³-hybridized carbons (Fsp3) is 0.286. The van der Waals surface area contributed by atoms with Crippen molar-refractivity contribution in [2.24, 2.45) is 5.92 Å². The van der Waals surface area contributed by atoms with Crippen molar-refractivity contribution in [1.29, 1.82) is 0 Å². The molecule has 1 atom stereocenters. The Kier molecular flexibility index (Phi) is 6.46. The summed E-state index contributed by atoms with van der Waals surface area (Å²) < 4.78 is 6.08. The van der Waals surface area contributed by atoms with Gasteiger partial charge in [0.1, 0.15) is 0 Å². The Morgan fingerprint density at radius 3 is 2.68 bits per heavy atom. The van der Waals surface area contributed by atoms with Gasteiger partial charge < -0.3 is 15.0 Å². The molecule has 7 heteroatoms. The first-order valence-electron chi connectivity index (χ1n) is 9.08. The summed E-state index contributed by atoms with van der Waals surface area (Å²) in [6.07, 6.45) is 0.844. The van der Waals surface area contributed by atoms with Crippen molar-refractivity contribution < 1.29 is 19.1 Å². The second-order valence-corrected chi connectivity index (χ2v) is 7.47. The van der Waals surface area contributed by atoms with Gasteiger partial charge in [0.05, 0.1) is 5.92 Å². The Morgan fingerprint density at radius 2 is 1.96 bits per heavy atom. The second kappa shape index (κ2) is 9.01. The van der Waals surface area contributed by atoms with Crippen molar-refractivity contribution in [1.82, 2.24) is 0 Å². The molecule has 28 heavy (non-hydrogen) atoms. The number of nitrogens with one attached hydrogen (secondary N) is 1. The van der Waals surface area contributed by atoms with Crippen LogP contribution in [0.3, 0.4) is 0 Å². The Hall–Kier alpha value is -2.67. The van der Waals surface area contributed by atoms with Crippen LogP contribution in [0.2, 0.25) is 0 Å². The third-order valence-corrected chi connectivity index (χ3v) is 5.09. The van der Waals surface area contributed by atoms with Crippen LogP contribution in [-0.2, 0) is 25.5 Å². The van der Waals surface area contributed by atoms with Crippen molar-refractivity contribution in [3.8, 4) is 0 Å². The van der Waals surface area contributed by atoms with Crippen LogP contribution in [0, 0.1) is 5.92 Å². The third kappa shape index (κ3) is 4.78. The number of ether oxygens (including phenoxy) is 1. The number of esters is 1. The number of halogens is 1. The van der Waals surface area contributed by atoms with Gasteiger partial charge in [0.2, 0.25) is 5.91 Å². The molecule has 0 bridgehead atoms. The molecule has 2 aromatic carbocycles. The molecule has 0 spiro atoms. The summed E-state index contributed by atoms with van der Waals surface area (Å²) in [6.45, 7) is 1.87. The van der Waals surface area contributed by atoms with E-state index in [1.165, 1.54) is 0 Å². The van der Waals surface area contributed by atoms with E-state index in [0.717, 1.165) is 22.1 Å². The van der Waals surface area contributed by atoms with Gasteiger partial charge in [0.15, 0.2) is 6.61 Å². The summed E-state index contributed by atoms with van der Waals surface area (Å²) in [7, 11) is 0. The number of rotatable bonds is 6. The Bertz CT molecular complexity index is 885. The number of benzene rings is 2. The topological polar surface area (TPSA) is 75.7 Å². The van der Waals surface area contributed by atoms with Gasteiger partial charge in [-0.15, -0.1) is 0 Å². The monoisotopic (exact) mass is 444 g/mol. The summed E-state index contributed by atoms with van der Waals surface area (Å²) in [5, 5.41) is 2.76. The minimum absolute atomic E-state index is 0.0854. The average molecular weight is 445 g/mol. The molecule has 0 aliphatic carbocycles. The SMILES string of the molecule is CCc1cc(Br)ccc1NC(=O)COC(=O)[C@@H]1CC(=O)N(c2ccccc2)C1. The van der Waals surface area contributed by atoms with Crippen LogP contribution in [0.1, 0.15) is 18.9 Å². The van der Waals surface area contributed by atoms with Crippen LogP contribution in [0.5, 0.6) is 0 Å². The van der Waals surface area contributed by atoms with Gasteiger partial charge in [-0.1, -0.05) is 41.1 Å². The van der Waals surface area contributed by atoms with E-state index in [2.05, 4.69) is 21.2 Å². The van der Waals surface area contributed by atoms with Crippen LogP contribution in [0.25, 0.3) is 0 Å². The first-order chi connectivity index (χ1) is 13.5. The zero-order chi connectivity index (χ0) is 20.1. The van der Waals surface area contributed by atoms with Crippen LogP contribution >= 0.6 is 15.9 Å². The molecule has 3 rings (SSSR count). The van der Waals surface area contributed by atoms with Gasteiger partial charge in [-0.25, -0.2) is 0 Å². The molecule has 2 aromatic rings. The number of hydrogen-bond acceptors (Lipinski definition) is 4. The normalized spacial score (nSPS) is 16.1. The fourth-order valence-electron chi connectivity index (χ4n) is 3.14. The van der Waals surface area contributed by atoms with Crippen LogP contribution in [0.4, 0.5) is 11.4 Å². The summed E-state index contributed by atoms with van der Waals surface area (Å²) in [6, 6.07) is 14.8. The van der Waals surface area contributed by atoms with Crippen LogP contribution < -0.4 is 10.2 Å². The third-order valence-electron chi connectivity index (χ3n) is 4.59. The molecule has 1 fully saturated rings. The zero-order valence-corrected chi connectivity index (χ0v) is 17.1. The summed E-state index contributed by atoms with van der Waals surface area (Å²) >= 11 is 3.40. The molecule has 1 saturated heterocycles. The van der Waals surface area contributed by atoms with Gasteiger partial charge >= 0.3 is 5.97 Å². The summed E-state index contributed by atoms with van der Waals surface area (Å²) in [5.74, 6) is -1.64. The molecule has 1 N–H and O–H groups in total. The molecule has 0 unspecified atom stereocenters. The minimum atomic E-state index is -0.570. The fourth-order valence-corrected chi connectivity index (χ4v) is 3.55. The standard InChI is InChI=1S/C21H21BrN2O4/c1-2-14-10-16(22)8-9-18(14)23-19(25)13-28-21(27)15-11-20(26)24(12-15)17-6-4-3-5-7-17/h3-10,15H,2,11-13H2,1H3,(H,23,25)/t15-/m1/s1. The molecule has 1 aliphatic rings. The van der Waals surface area contributed by atoms with Gasteiger partial charge in [-0.05, 0) is 42.3 Å². The maximum Gasteiger partial charge on any atom is 0.311 e. The summed E-state index contributed by atoms with van der Waals surface area (Å²) in [5.41, 5.74) is 2.43. The average Bonchev–Trinajstić information content (AvgIpc) is 3.10. The van der Waals surface area contributed by atoms with E-state index < -0.39 is 17.8 Å². The van der Waals surface area contributed by atoms with Crippen LogP contribution in [-0.4, -0.2) is 30.9 Å². The largest absolute Gasteiger partial charge is 0.455 e. The zero-order valence-electron chi connectivity index (χ0n) is 15.5. The lowest BCUT2D eigenvalue weighted by Crippen LogP contribution is -2.28. The molecule has 146 valence electrons. The van der Waals surface area contributed by atoms with E-state index >= 15 is 0 Å². The van der Waals surface area contributed by atoms with E-state index in [0.29, 0.717) is 5.69 Å². The number of para-hydroxylation sites is 1. The molecule has 6 nitrogen and oxygen atoms in total. The molecular weight excluding hydrogens is 424 g/mol. The molecule has 2 amide bonds. The van der Waals surface area contributed by atoms with Crippen LogP contribution in [0.15, 0.2) is 53.0 Å². The highest BCUT2D eigenvalue weighted by atomic mass is 79.9. The number of anilines is 2. The number of amides is 2. The first kappa shape index (κ1) is 20.1. The van der Waals surface area contributed by atoms with Crippen molar-refractivity contribution in [3.05, 3.63) is 58.6 Å². The Balaban J connectivity index is 1.53. The molecule has 0 aromatic heterocycles. The van der Waals surface area contributed by atoms with Gasteiger partial charge in [0.25, 0.3) is 5.91 Å². The smallest absolute Gasteiger partial charge is 0.311 e. The number of nitrogens with zero attached hydrogens (tertiary/aromatic N) is 1. The van der Waals surface area contributed by atoms with Crippen molar-refractivity contribution in [2.45, 2.75) is 19.8 Å². The van der Waals surface area contributed by atoms with Crippen molar-refractivity contribution in [3.63, 3.8) is 0 Å². The molecule has 0 radical (unpaired) electrons. The first-order valence-corrected chi connectivity index (χ1v) is 9.87. The lowest BCUT2D eigenvalue weighted by Gasteiger charge is -2.16. The van der Waals surface area contributed by atoms with E-state index in [1.807, 2.05) is 49.4 Å². The Morgan fingerprint density at radius 1 is 1.21 bits per heavy atom. The van der Waals surface area contributed by atoms with E-state index in [-0.39, 0.29) is 25.5 Å². The maximum absolute atomic E-state index is 12.3. The highest BCUT2D eigenvalue weighted by Crippen LogP contribution is 2.26.